The number of benzene rings is 1. The third-order valence-corrected chi connectivity index (χ3v) is 3.00. The molecule has 1 unspecified atom stereocenters. The lowest BCUT2D eigenvalue weighted by Gasteiger charge is -2.23. The second-order valence-electron chi connectivity index (χ2n) is 4.94. The van der Waals surface area contributed by atoms with E-state index in [0.29, 0.717) is 23.6 Å². The third-order valence-electron chi connectivity index (χ3n) is 2.78. The second-order valence-corrected chi connectivity index (χ2v) is 5.38. The van der Waals surface area contributed by atoms with Crippen LogP contribution in [0.3, 0.4) is 0 Å². The largest absolute Gasteiger partial charge is 0.388 e. The summed E-state index contributed by atoms with van der Waals surface area (Å²) in [6, 6.07) is 5.14. The molecule has 2 N–H and O–H groups in total. The fraction of sp³-hybridized carbons (Fsp3) is 0.500. The molecule has 0 spiro atoms. The van der Waals surface area contributed by atoms with E-state index < -0.39 is 5.60 Å². The van der Waals surface area contributed by atoms with Crippen molar-refractivity contribution in [3.8, 4) is 0 Å². The minimum Gasteiger partial charge on any atom is -0.388 e. The Morgan fingerprint density at radius 2 is 2.16 bits per heavy atom. The van der Waals surface area contributed by atoms with Crippen LogP contribution in [0.15, 0.2) is 18.2 Å². The van der Waals surface area contributed by atoms with Gasteiger partial charge in [0.1, 0.15) is 0 Å². The molecule has 0 saturated heterocycles. The summed E-state index contributed by atoms with van der Waals surface area (Å²) in [7, 11) is 1.57. The van der Waals surface area contributed by atoms with Gasteiger partial charge in [0.25, 0.3) is 5.91 Å². The lowest BCUT2D eigenvalue weighted by Crippen LogP contribution is -2.41. The summed E-state index contributed by atoms with van der Waals surface area (Å²) in [5.74, 6) is -0.247. The molecular weight excluding hydrogens is 266 g/mol. The Balaban J connectivity index is 2.60. The molecule has 0 aliphatic rings. The van der Waals surface area contributed by atoms with Crippen LogP contribution >= 0.6 is 11.6 Å². The number of ether oxygens (including phenoxy) is 1. The molecule has 1 rings (SSSR count). The van der Waals surface area contributed by atoms with Gasteiger partial charge in [0, 0.05) is 37.3 Å². The van der Waals surface area contributed by atoms with Gasteiger partial charge in [-0.1, -0.05) is 11.6 Å². The Morgan fingerprint density at radius 3 is 2.74 bits per heavy atom. The lowest BCUT2D eigenvalue weighted by atomic mass is 10.0. The van der Waals surface area contributed by atoms with Crippen LogP contribution in [-0.4, -0.2) is 36.9 Å². The molecule has 1 aromatic rings. The molecule has 0 bridgehead atoms. The van der Waals surface area contributed by atoms with Crippen molar-refractivity contribution >= 4 is 17.5 Å². The Labute approximate surface area is 118 Å². The number of aliphatic hydroxyl groups is 1. The van der Waals surface area contributed by atoms with Crippen molar-refractivity contribution in [2.24, 2.45) is 0 Å². The van der Waals surface area contributed by atoms with E-state index in [-0.39, 0.29) is 12.5 Å². The van der Waals surface area contributed by atoms with Gasteiger partial charge in [-0.25, -0.2) is 0 Å². The average molecular weight is 286 g/mol. The van der Waals surface area contributed by atoms with Gasteiger partial charge in [0.05, 0.1) is 5.60 Å². The van der Waals surface area contributed by atoms with Crippen LogP contribution in [0.5, 0.6) is 0 Å². The fourth-order valence-corrected chi connectivity index (χ4v) is 1.94. The molecule has 0 aliphatic heterocycles. The van der Waals surface area contributed by atoms with E-state index in [1.54, 1.807) is 32.2 Å². The number of nitrogens with one attached hydrogen (secondary N) is 1. The molecule has 1 atom stereocenters. The first-order chi connectivity index (χ1) is 8.84. The highest BCUT2D eigenvalue weighted by Crippen LogP contribution is 2.15. The summed E-state index contributed by atoms with van der Waals surface area (Å²) in [6.07, 6.45) is 0.457. The van der Waals surface area contributed by atoms with Crippen molar-refractivity contribution in [3.63, 3.8) is 0 Å². The van der Waals surface area contributed by atoms with Crippen molar-refractivity contribution in [2.45, 2.75) is 25.9 Å². The molecule has 5 heteroatoms. The quantitative estimate of drug-likeness (QED) is 0.842. The normalized spacial score (nSPS) is 13.9. The number of carbonyl (C=O) groups is 1. The van der Waals surface area contributed by atoms with Gasteiger partial charge in [-0.15, -0.1) is 0 Å². The van der Waals surface area contributed by atoms with E-state index in [9.17, 15) is 9.90 Å². The maximum absolute atomic E-state index is 12.0. The summed E-state index contributed by atoms with van der Waals surface area (Å²) in [5, 5.41) is 13.3. The summed E-state index contributed by atoms with van der Waals surface area (Å²) in [5.41, 5.74) is 0.426. The van der Waals surface area contributed by atoms with Gasteiger partial charge < -0.3 is 15.2 Å². The van der Waals surface area contributed by atoms with Crippen molar-refractivity contribution in [2.75, 3.05) is 20.3 Å². The average Bonchev–Trinajstić information content (AvgIpc) is 2.32. The molecule has 4 nitrogen and oxygen atoms in total. The molecule has 0 fully saturated rings. The smallest absolute Gasteiger partial charge is 0.251 e. The molecule has 0 radical (unpaired) electrons. The second kappa shape index (κ2) is 6.89. The van der Waals surface area contributed by atoms with Gasteiger partial charge in [-0.2, -0.15) is 0 Å². The van der Waals surface area contributed by atoms with Crippen molar-refractivity contribution < 1.29 is 14.6 Å². The Kier molecular flexibility index (Phi) is 5.79. The number of hydrogen-bond donors (Lipinski definition) is 2. The topological polar surface area (TPSA) is 58.6 Å². The van der Waals surface area contributed by atoms with E-state index in [4.69, 9.17) is 16.3 Å². The summed E-state index contributed by atoms with van der Waals surface area (Å²) in [4.78, 5) is 12.0. The van der Waals surface area contributed by atoms with Gasteiger partial charge >= 0.3 is 0 Å². The number of methoxy groups -OCH3 is 1. The highest BCUT2D eigenvalue weighted by molar-refractivity contribution is 6.31. The third kappa shape index (κ3) is 5.59. The monoisotopic (exact) mass is 285 g/mol. The standard InChI is InChI=1S/C14H20ClNO3/c1-10-6-11(8-12(15)7-10)13(17)16-9-14(2,18)4-5-19-3/h6-8,18H,4-5,9H2,1-3H3,(H,16,17). The predicted octanol–water partition coefficient (Wildman–Crippen LogP) is 2.17. The molecule has 19 heavy (non-hydrogen) atoms. The van der Waals surface area contributed by atoms with Crippen LogP contribution in [0.25, 0.3) is 0 Å². The SMILES string of the molecule is COCCC(C)(O)CNC(=O)c1cc(C)cc(Cl)c1. The van der Waals surface area contributed by atoms with Gasteiger partial charge in [-0.3, -0.25) is 4.79 Å². The summed E-state index contributed by atoms with van der Waals surface area (Å²) < 4.78 is 4.91. The Hall–Kier alpha value is -1.10. The minimum absolute atomic E-state index is 0.167. The fourth-order valence-electron chi connectivity index (χ4n) is 1.65. The number of hydrogen-bond acceptors (Lipinski definition) is 3. The van der Waals surface area contributed by atoms with E-state index >= 15 is 0 Å². The molecule has 106 valence electrons. The molecule has 0 aliphatic carbocycles. The first kappa shape index (κ1) is 16.0. The van der Waals surface area contributed by atoms with Crippen molar-refractivity contribution in [1.82, 2.24) is 5.32 Å². The zero-order chi connectivity index (χ0) is 14.5. The van der Waals surface area contributed by atoms with Crippen LogP contribution in [0.1, 0.15) is 29.3 Å². The minimum atomic E-state index is -0.987. The number of aryl methyl sites for hydroxylation is 1. The predicted molar refractivity (Wildman–Crippen MR) is 75.6 cm³/mol. The Bertz CT molecular complexity index is 426. The van der Waals surface area contributed by atoms with Gasteiger partial charge in [-0.05, 0) is 37.6 Å². The maximum Gasteiger partial charge on any atom is 0.251 e. The lowest BCUT2D eigenvalue weighted by molar-refractivity contribution is 0.0243. The maximum atomic E-state index is 12.0. The summed E-state index contributed by atoms with van der Waals surface area (Å²) in [6.45, 7) is 4.15. The zero-order valence-electron chi connectivity index (χ0n) is 11.5. The van der Waals surface area contributed by atoms with Crippen molar-refractivity contribution in [3.05, 3.63) is 34.3 Å². The van der Waals surface area contributed by atoms with Crippen LogP contribution in [0.4, 0.5) is 0 Å². The van der Waals surface area contributed by atoms with E-state index in [2.05, 4.69) is 5.32 Å². The van der Waals surface area contributed by atoms with Gasteiger partial charge in [0.2, 0.25) is 0 Å². The number of amides is 1. The summed E-state index contributed by atoms with van der Waals surface area (Å²) >= 11 is 5.91. The molecule has 1 amide bonds. The molecular formula is C14H20ClNO3. The highest BCUT2D eigenvalue weighted by atomic mass is 35.5. The molecule has 0 aromatic heterocycles. The van der Waals surface area contributed by atoms with Crippen LogP contribution in [0, 0.1) is 6.92 Å². The first-order valence-electron chi connectivity index (χ1n) is 6.11. The number of rotatable bonds is 6. The first-order valence-corrected chi connectivity index (χ1v) is 6.48. The molecule has 0 saturated carbocycles. The molecule has 1 aromatic carbocycles. The molecule has 0 heterocycles. The van der Waals surface area contributed by atoms with E-state index in [1.165, 1.54) is 0 Å². The van der Waals surface area contributed by atoms with E-state index in [0.717, 1.165) is 5.56 Å². The van der Waals surface area contributed by atoms with Gasteiger partial charge in [0.15, 0.2) is 0 Å². The Morgan fingerprint density at radius 1 is 1.47 bits per heavy atom. The van der Waals surface area contributed by atoms with Crippen LogP contribution in [-0.2, 0) is 4.74 Å². The number of carbonyl (C=O) groups excluding carboxylic acids is 1. The van der Waals surface area contributed by atoms with E-state index in [1.807, 2.05) is 6.92 Å². The highest BCUT2D eigenvalue weighted by Gasteiger charge is 2.21. The zero-order valence-corrected chi connectivity index (χ0v) is 12.3. The van der Waals surface area contributed by atoms with Crippen LogP contribution < -0.4 is 5.32 Å². The van der Waals surface area contributed by atoms with Crippen LogP contribution in [0.2, 0.25) is 5.02 Å². The van der Waals surface area contributed by atoms with Crippen molar-refractivity contribution in [1.29, 1.82) is 0 Å². The number of halogens is 1.